The minimum atomic E-state index is -0.826. The van der Waals surface area contributed by atoms with Crippen LogP contribution in [-0.4, -0.2) is 37.2 Å². The van der Waals surface area contributed by atoms with Crippen molar-refractivity contribution in [3.05, 3.63) is 122 Å². The summed E-state index contributed by atoms with van der Waals surface area (Å²) in [6.07, 6.45) is 77.8. The molecular formula is C63H102O6. The molecule has 6 nitrogen and oxygen atoms in total. The van der Waals surface area contributed by atoms with E-state index in [0.717, 1.165) is 96.3 Å². The van der Waals surface area contributed by atoms with Gasteiger partial charge in [-0.2, -0.15) is 0 Å². The van der Waals surface area contributed by atoms with Crippen LogP contribution in [0.1, 0.15) is 239 Å². The maximum Gasteiger partial charge on any atom is 0.306 e. The summed E-state index contributed by atoms with van der Waals surface area (Å²) in [5, 5.41) is 0. The van der Waals surface area contributed by atoms with Crippen LogP contribution in [0.4, 0.5) is 0 Å². The zero-order valence-electron chi connectivity index (χ0n) is 44.5. The van der Waals surface area contributed by atoms with Gasteiger partial charge in [0.25, 0.3) is 0 Å². The summed E-state index contributed by atoms with van der Waals surface area (Å²) in [6, 6.07) is 0. The van der Waals surface area contributed by atoms with Gasteiger partial charge in [-0.25, -0.2) is 0 Å². The van der Waals surface area contributed by atoms with E-state index in [1.165, 1.54) is 89.9 Å². The number of rotatable bonds is 49. The first kappa shape index (κ1) is 64.8. The molecule has 0 fully saturated rings. The second-order valence-electron chi connectivity index (χ2n) is 18.1. The molecule has 0 saturated heterocycles. The van der Waals surface area contributed by atoms with Crippen molar-refractivity contribution in [1.29, 1.82) is 0 Å². The molecule has 0 N–H and O–H groups in total. The molecule has 0 aromatic rings. The number of allylic oxidation sites excluding steroid dienone is 20. The Bertz CT molecular complexity index is 1470. The highest BCUT2D eigenvalue weighted by atomic mass is 16.6. The van der Waals surface area contributed by atoms with Crippen LogP contribution in [-0.2, 0) is 28.6 Å². The van der Waals surface area contributed by atoms with Crippen molar-refractivity contribution in [2.24, 2.45) is 0 Å². The van der Waals surface area contributed by atoms with Gasteiger partial charge >= 0.3 is 17.9 Å². The van der Waals surface area contributed by atoms with Gasteiger partial charge in [-0.15, -0.1) is 0 Å². The third kappa shape index (κ3) is 54.6. The van der Waals surface area contributed by atoms with E-state index in [2.05, 4.69) is 130 Å². The van der Waals surface area contributed by atoms with Crippen molar-refractivity contribution in [3.8, 4) is 0 Å². The molecule has 0 spiro atoms. The van der Waals surface area contributed by atoms with Gasteiger partial charge < -0.3 is 14.2 Å². The summed E-state index contributed by atoms with van der Waals surface area (Å²) in [5.74, 6) is -1.05. The first-order valence-corrected chi connectivity index (χ1v) is 28.0. The second-order valence-corrected chi connectivity index (χ2v) is 18.1. The Kier molecular flexibility index (Phi) is 53.0. The quantitative estimate of drug-likeness (QED) is 0.0262. The van der Waals surface area contributed by atoms with E-state index < -0.39 is 6.10 Å². The van der Waals surface area contributed by atoms with Crippen molar-refractivity contribution in [1.82, 2.24) is 0 Å². The number of esters is 3. The first-order valence-electron chi connectivity index (χ1n) is 28.0. The molecule has 0 heterocycles. The number of carbonyl (C=O) groups is 3. The number of hydrogen-bond acceptors (Lipinski definition) is 6. The van der Waals surface area contributed by atoms with Crippen molar-refractivity contribution in [2.45, 2.75) is 245 Å². The maximum absolute atomic E-state index is 12.8. The smallest absolute Gasteiger partial charge is 0.306 e. The molecule has 0 amide bonds. The summed E-state index contributed by atoms with van der Waals surface area (Å²) in [5.41, 5.74) is 0. The fourth-order valence-electron chi connectivity index (χ4n) is 7.34. The van der Waals surface area contributed by atoms with Crippen LogP contribution in [0.25, 0.3) is 0 Å². The molecule has 0 aromatic carbocycles. The van der Waals surface area contributed by atoms with Crippen LogP contribution in [0.15, 0.2) is 122 Å². The van der Waals surface area contributed by atoms with Crippen LogP contribution in [0.5, 0.6) is 0 Å². The Morgan fingerprint density at radius 3 is 0.971 bits per heavy atom. The number of unbranched alkanes of at least 4 members (excludes halogenated alkanes) is 18. The van der Waals surface area contributed by atoms with Gasteiger partial charge in [0, 0.05) is 19.3 Å². The van der Waals surface area contributed by atoms with E-state index in [-0.39, 0.29) is 44.0 Å². The maximum atomic E-state index is 12.8. The average Bonchev–Trinajstić information content (AvgIpc) is 3.35. The van der Waals surface area contributed by atoms with E-state index >= 15 is 0 Å². The Balaban J connectivity index is 4.51. The summed E-state index contributed by atoms with van der Waals surface area (Å²) >= 11 is 0. The topological polar surface area (TPSA) is 78.9 Å². The van der Waals surface area contributed by atoms with Gasteiger partial charge in [0.1, 0.15) is 13.2 Å². The van der Waals surface area contributed by atoms with Crippen LogP contribution in [0.3, 0.4) is 0 Å². The highest BCUT2D eigenvalue weighted by Crippen LogP contribution is 2.15. The lowest BCUT2D eigenvalue weighted by Crippen LogP contribution is -2.30. The average molecular weight is 956 g/mol. The van der Waals surface area contributed by atoms with E-state index in [1.54, 1.807) is 0 Å². The van der Waals surface area contributed by atoms with Gasteiger partial charge in [-0.1, -0.05) is 245 Å². The number of carbonyl (C=O) groups excluding carboxylic acids is 3. The highest BCUT2D eigenvalue weighted by Gasteiger charge is 2.19. The molecular weight excluding hydrogens is 853 g/mol. The lowest BCUT2D eigenvalue weighted by molar-refractivity contribution is -0.166. The second kappa shape index (κ2) is 56.4. The van der Waals surface area contributed by atoms with Gasteiger partial charge in [0.15, 0.2) is 6.10 Å². The van der Waals surface area contributed by atoms with E-state index in [4.69, 9.17) is 14.2 Å². The Hall–Kier alpha value is -4.19. The lowest BCUT2D eigenvalue weighted by Gasteiger charge is -2.18. The van der Waals surface area contributed by atoms with E-state index in [1.807, 2.05) is 12.2 Å². The number of hydrogen-bond donors (Lipinski definition) is 0. The molecule has 1 atom stereocenters. The molecule has 69 heavy (non-hydrogen) atoms. The van der Waals surface area contributed by atoms with E-state index in [0.29, 0.717) is 19.3 Å². The summed E-state index contributed by atoms with van der Waals surface area (Å²) in [4.78, 5) is 38.1. The zero-order chi connectivity index (χ0) is 50.0. The van der Waals surface area contributed by atoms with Gasteiger partial charge in [-0.05, 0) is 96.3 Å². The Morgan fingerprint density at radius 1 is 0.304 bits per heavy atom. The zero-order valence-corrected chi connectivity index (χ0v) is 44.5. The van der Waals surface area contributed by atoms with E-state index in [9.17, 15) is 14.4 Å². The van der Waals surface area contributed by atoms with Crippen LogP contribution >= 0.6 is 0 Å². The van der Waals surface area contributed by atoms with Crippen LogP contribution < -0.4 is 0 Å². The minimum absolute atomic E-state index is 0.124. The van der Waals surface area contributed by atoms with Crippen molar-refractivity contribution < 1.29 is 28.6 Å². The molecule has 390 valence electrons. The Labute approximate surface area is 424 Å². The summed E-state index contributed by atoms with van der Waals surface area (Å²) < 4.78 is 16.7. The fraction of sp³-hybridized carbons (Fsp3) is 0.635. The third-order valence-corrected chi connectivity index (χ3v) is 11.5. The molecule has 0 aliphatic rings. The molecule has 0 aliphatic heterocycles. The molecule has 6 heteroatoms. The monoisotopic (exact) mass is 955 g/mol. The van der Waals surface area contributed by atoms with Crippen molar-refractivity contribution in [3.63, 3.8) is 0 Å². The van der Waals surface area contributed by atoms with Gasteiger partial charge in [0.2, 0.25) is 0 Å². The highest BCUT2D eigenvalue weighted by molar-refractivity contribution is 5.71. The molecule has 0 radical (unpaired) electrons. The van der Waals surface area contributed by atoms with Gasteiger partial charge in [-0.3, -0.25) is 14.4 Å². The molecule has 0 aliphatic carbocycles. The summed E-state index contributed by atoms with van der Waals surface area (Å²) in [7, 11) is 0. The first-order chi connectivity index (χ1) is 34.0. The Morgan fingerprint density at radius 2 is 0.594 bits per heavy atom. The third-order valence-electron chi connectivity index (χ3n) is 11.5. The SMILES string of the molecule is CC/C=C\C/C=C\C/C=C\C/C=C\C/C=C\C/C=C\CCCCC(=O)OCC(COC(=O)CC/C=C\C/C=C\C/C=C\C/C=C\CC)OC(=O)CCCCCCCCCCCCCCCCCCC. The normalized spacial score (nSPS) is 13.0. The molecule has 0 bridgehead atoms. The number of ether oxygens (including phenoxy) is 3. The fourth-order valence-corrected chi connectivity index (χ4v) is 7.34. The predicted octanol–water partition coefficient (Wildman–Crippen LogP) is 18.9. The molecule has 0 aromatic heterocycles. The lowest BCUT2D eigenvalue weighted by atomic mass is 10.0. The predicted molar refractivity (Wildman–Crippen MR) is 297 cm³/mol. The molecule has 0 rings (SSSR count). The summed E-state index contributed by atoms with van der Waals surface area (Å²) in [6.45, 7) is 6.31. The molecule has 1 unspecified atom stereocenters. The molecule has 0 saturated carbocycles. The van der Waals surface area contributed by atoms with Crippen LogP contribution in [0, 0.1) is 0 Å². The van der Waals surface area contributed by atoms with Crippen molar-refractivity contribution in [2.75, 3.05) is 13.2 Å². The standard InChI is InChI=1S/C63H102O6/c1-4-7-10-13-16-19-22-25-27-29-30-31-32-34-35-38-41-44-47-50-53-56-62(65)68-59-60(58-67-61(64)55-52-49-46-43-40-37-24-21-18-15-12-9-6-3)69-63(66)57-54-51-48-45-42-39-36-33-28-26-23-20-17-14-11-8-5-2/h7,9-10,12,16,18-19,21,25,27,30-31,34-35,37,40-41,44,46,49,60H,4-6,8,11,13-15,17,20,22-24,26,28-29,32-33,36,38-39,42-43,45,47-48,50-59H2,1-3H3/b10-7-,12-9-,19-16-,21-18-,27-25-,31-30-,35-34-,40-37-,44-41-,49-46-. The largest absolute Gasteiger partial charge is 0.462 e. The minimum Gasteiger partial charge on any atom is -0.462 e. The van der Waals surface area contributed by atoms with Crippen molar-refractivity contribution >= 4 is 17.9 Å². The van der Waals surface area contributed by atoms with Gasteiger partial charge in [0.05, 0.1) is 0 Å². The van der Waals surface area contributed by atoms with Crippen LogP contribution in [0.2, 0.25) is 0 Å².